The minimum atomic E-state index is -0.101. The number of aromatic nitrogens is 2. The quantitative estimate of drug-likeness (QED) is 0.424. The molecule has 1 aromatic heterocycles. The van der Waals surface area contributed by atoms with Crippen LogP contribution in [0.2, 0.25) is 0 Å². The summed E-state index contributed by atoms with van der Waals surface area (Å²) in [5.41, 5.74) is 3.40. The maximum atomic E-state index is 5.40. The summed E-state index contributed by atoms with van der Waals surface area (Å²) in [6.07, 6.45) is 0.605. The Morgan fingerprint density at radius 1 is 1.53 bits per heavy atom. The number of nitrogens with zero attached hydrogens (tertiary/aromatic N) is 2. The Morgan fingerprint density at radius 2 is 2.33 bits per heavy atom. The molecule has 0 spiro atoms. The van der Waals surface area contributed by atoms with Crippen molar-refractivity contribution in [1.29, 1.82) is 0 Å². The van der Waals surface area contributed by atoms with Gasteiger partial charge < -0.3 is 4.74 Å². The number of nitrogens with one attached hydrogen (secondary N) is 1. The van der Waals surface area contributed by atoms with Crippen molar-refractivity contribution < 1.29 is 4.74 Å². The molecule has 1 rings (SSSR count). The topological polar surface area (TPSA) is 73.1 Å². The fourth-order valence-electron chi connectivity index (χ4n) is 1.08. The smallest absolute Gasteiger partial charge is 0.233 e. The Kier molecular flexibility index (Phi) is 4.54. The van der Waals surface area contributed by atoms with Gasteiger partial charge in [-0.3, -0.25) is 11.3 Å². The van der Waals surface area contributed by atoms with E-state index in [0.717, 1.165) is 5.69 Å². The van der Waals surface area contributed by atoms with Gasteiger partial charge in [0.25, 0.3) is 0 Å². The van der Waals surface area contributed by atoms with Gasteiger partial charge in [-0.25, -0.2) is 0 Å². The molecule has 0 fully saturated rings. The lowest BCUT2D eigenvalue weighted by Gasteiger charge is -2.11. The van der Waals surface area contributed by atoms with Crippen molar-refractivity contribution in [2.45, 2.75) is 19.4 Å². The molecule has 0 saturated heterocycles. The number of nitrogens with two attached hydrogens (primary N) is 1. The first-order valence-corrected chi connectivity index (χ1v) is 4.55. The van der Waals surface area contributed by atoms with Crippen LogP contribution < -0.4 is 16.0 Å². The summed E-state index contributed by atoms with van der Waals surface area (Å²) in [5.74, 6) is 11.6. The molecule has 0 bridgehead atoms. The summed E-state index contributed by atoms with van der Waals surface area (Å²) >= 11 is 0. The fraction of sp³-hybridized carbons (Fsp3) is 0.400. The van der Waals surface area contributed by atoms with Gasteiger partial charge in [-0.05, 0) is 13.0 Å². The maximum absolute atomic E-state index is 5.40. The van der Waals surface area contributed by atoms with Crippen molar-refractivity contribution in [1.82, 2.24) is 15.6 Å². The molecule has 0 saturated carbocycles. The van der Waals surface area contributed by atoms with Gasteiger partial charge in [0, 0.05) is 12.5 Å². The largest absolute Gasteiger partial charge is 0.480 e. The molecule has 0 aliphatic heterocycles. The molecular weight excluding hydrogens is 192 g/mol. The van der Waals surface area contributed by atoms with Crippen molar-refractivity contribution in [2.75, 3.05) is 7.11 Å². The van der Waals surface area contributed by atoms with E-state index in [-0.39, 0.29) is 6.04 Å². The van der Waals surface area contributed by atoms with Crippen LogP contribution in [0.15, 0.2) is 12.1 Å². The minimum absolute atomic E-state index is 0.101. The van der Waals surface area contributed by atoms with Crippen LogP contribution in [0.1, 0.15) is 25.1 Å². The van der Waals surface area contributed by atoms with Gasteiger partial charge in [0.2, 0.25) is 5.88 Å². The first kappa shape index (κ1) is 11.4. The average molecular weight is 206 g/mol. The third-order valence-corrected chi connectivity index (χ3v) is 1.91. The van der Waals surface area contributed by atoms with Crippen LogP contribution in [0.3, 0.4) is 0 Å². The van der Waals surface area contributed by atoms with Crippen molar-refractivity contribution >= 4 is 0 Å². The average Bonchev–Trinajstić information content (AvgIpc) is 2.31. The molecule has 3 N–H and O–H groups in total. The van der Waals surface area contributed by atoms with Crippen LogP contribution in [0.25, 0.3) is 0 Å². The molecule has 0 aliphatic carbocycles. The van der Waals surface area contributed by atoms with E-state index in [4.69, 9.17) is 10.6 Å². The lowest BCUT2D eigenvalue weighted by Crippen LogP contribution is -2.28. The molecule has 0 aliphatic rings. The normalized spacial score (nSPS) is 11.4. The second-order valence-electron chi connectivity index (χ2n) is 2.85. The minimum Gasteiger partial charge on any atom is -0.480 e. The molecule has 1 aromatic rings. The van der Waals surface area contributed by atoms with E-state index in [9.17, 15) is 0 Å². The number of hydrogen-bond acceptors (Lipinski definition) is 5. The van der Waals surface area contributed by atoms with Crippen LogP contribution in [0.4, 0.5) is 0 Å². The van der Waals surface area contributed by atoms with E-state index in [1.807, 2.05) is 6.07 Å². The molecular formula is C10H14N4O. The highest BCUT2D eigenvalue weighted by atomic mass is 16.5. The zero-order valence-corrected chi connectivity index (χ0v) is 8.82. The standard InChI is InChI=1S/C10H14N4O/c1-3-4-5-8(12-11)9-6-7-10(15-2)14-13-9/h6-8,12H,5,11H2,1-2H3. The first-order chi connectivity index (χ1) is 7.31. The van der Waals surface area contributed by atoms with Crippen LogP contribution in [0.5, 0.6) is 5.88 Å². The van der Waals surface area contributed by atoms with Crippen LogP contribution in [0, 0.1) is 11.8 Å². The monoisotopic (exact) mass is 206 g/mol. The molecule has 0 amide bonds. The van der Waals surface area contributed by atoms with Gasteiger partial charge in [-0.2, -0.15) is 5.10 Å². The van der Waals surface area contributed by atoms with E-state index in [1.54, 1.807) is 20.1 Å². The molecule has 0 radical (unpaired) electrons. The highest BCUT2D eigenvalue weighted by Gasteiger charge is 2.10. The summed E-state index contributed by atoms with van der Waals surface area (Å²) in [7, 11) is 1.55. The molecule has 15 heavy (non-hydrogen) atoms. The zero-order chi connectivity index (χ0) is 11.1. The molecule has 1 atom stereocenters. The number of hydrogen-bond donors (Lipinski definition) is 2. The van der Waals surface area contributed by atoms with E-state index in [1.165, 1.54) is 0 Å². The number of rotatable bonds is 4. The van der Waals surface area contributed by atoms with Gasteiger partial charge in [0.1, 0.15) is 0 Å². The highest BCUT2D eigenvalue weighted by molar-refractivity contribution is 5.15. The molecule has 1 heterocycles. The molecule has 1 unspecified atom stereocenters. The van der Waals surface area contributed by atoms with Crippen molar-refractivity contribution in [3.8, 4) is 17.7 Å². The van der Waals surface area contributed by atoms with Gasteiger partial charge in [0.15, 0.2) is 0 Å². The fourth-order valence-corrected chi connectivity index (χ4v) is 1.08. The summed E-state index contributed by atoms with van der Waals surface area (Å²) in [4.78, 5) is 0. The maximum Gasteiger partial charge on any atom is 0.233 e. The Hall–Kier alpha value is -1.64. The summed E-state index contributed by atoms with van der Waals surface area (Å²) in [5, 5.41) is 7.85. The van der Waals surface area contributed by atoms with Crippen LogP contribution in [-0.2, 0) is 0 Å². The van der Waals surface area contributed by atoms with E-state index in [2.05, 4.69) is 27.5 Å². The Morgan fingerprint density at radius 3 is 2.80 bits per heavy atom. The Bertz CT molecular complexity index is 352. The summed E-state index contributed by atoms with van der Waals surface area (Å²) in [6.45, 7) is 1.78. The van der Waals surface area contributed by atoms with Crippen LogP contribution >= 0.6 is 0 Å². The third-order valence-electron chi connectivity index (χ3n) is 1.91. The van der Waals surface area contributed by atoms with E-state index in [0.29, 0.717) is 12.3 Å². The predicted molar refractivity (Wildman–Crippen MR) is 56.7 cm³/mol. The predicted octanol–water partition coefficient (Wildman–Crippen LogP) is 0.403. The van der Waals surface area contributed by atoms with Gasteiger partial charge in [-0.1, -0.05) is 0 Å². The second kappa shape index (κ2) is 5.96. The lowest BCUT2D eigenvalue weighted by molar-refractivity contribution is 0.389. The molecule has 0 aromatic carbocycles. The van der Waals surface area contributed by atoms with Crippen molar-refractivity contribution in [3.63, 3.8) is 0 Å². The SMILES string of the molecule is CC#CCC(NN)c1ccc(OC)nn1. The number of ether oxygens (including phenoxy) is 1. The third kappa shape index (κ3) is 3.20. The van der Waals surface area contributed by atoms with Gasteiger partial charge in [-0.15, -0.1) is 16.9 Å². The zero-order valence-electron chi connectivity index (χ0n) is 8.82. The Balaban J connectivity index is 2.76. The van der Waals surface area contributed by atoms with Crippen molar-refractivity contribution in [3.05, 3.63) is 17.8 Å². The summed E-state index contributed by atoms with van der Waals surface area (Å²) < 4.78 is 4.91. The summed E-state index contributed by atoms with van der Waals surface area (Å²) in [6, 6.07) is 3.45. The van der Waals surface area contributed by atoms with Crippen molar-refractivity contribution in [2.24, 2.45) is 5.84 Å². The van der Waals surface area contributed by atoms with E-state index < -0.39 is 0 Å². The first-order valence-electron chi connectivity index (χ1n) is 4.55. The highest BCUT2D eigenvalue weighted by Crippen LogP contribution is 2.13. The lowest BCUT2D eigenvalue weighted by atomic mass is 10.1. The molecule has 80 valence electrons. The van der Waals surface area contributed by atoms with Gasteiger partial charge >= 0.3 is 0 Å². The van der Waals surface area contributed by atoms with Crippen LogP contribution in [-0.4, -0.2) is 17.3 Å². The van der Waals surface area contributed by atoms with E-state index >= 15 is 0 Å². The number of methoxy groups -OCH3 is 1. The Labute approximate surface area is 89.0 Å². The number of hydrazine groups is 1. The van der Waals surface area contributed by atoms with Gasteiger partial charge in [0.05, 0.1) is 18.8 Å². The second-order valence-corrected chi connectivity index (χ2v) is 2.85. The molecule has 5 heteroatoms. The molecule has 5 nitrogen and oxygen atoms in total.